The quantitative estimate of drug-likeness (QED) is 0.698. The van der Waals surface area contributed by atoms with Crippen molar-refractivity contribution in [3.63, 3.8) is 0 Å². The fraction of sp³-hybridized carbons (Fsp3) is 0.111. The number of aromatic nitrogens is 2. The van der Waals surface area contributed by atoms with Crippen LogP contribution in [0.4, 0.5) is 11.5 Å². The highest BCUT2D eigenvalue weighted by Crippen LogP contribution is 2.27. The maximum Gasteiger partial charge on any atom is 0.161 e. The van der Waals surface area contributed by atoms with Crippen LogP contribution in [0.5, 0.6) is 17.2 Å². The largest absolute Gasteiger partial charge is 0.504 e. The monoisotopic (exact) mass is 338 g/mol. The molecule has 3 rings (SSSR count). The number of aliphatic imine (C=N–C) groups is 1. The Kier molecular flexibility index (Phi) is 4.56. The van der Waals surface area contributed by atoms with Gasteiger partial charge in [-0.3, -0.25) is 4.99 Å². The van der Waals surface area contributed by atoms with Crippen LogP contribution in [0.25, 0.3) is 5.69 Å². The van der Waals surface area contributed by atoms with Gasteiger partial charge in [0.1, 0.15) is 11.4 Å². The number of benzene rings is 2. The summed E-state index contributed by atoms with van der Waals surface area (Å²) >= 11 is 0. The number of phenolic OH excluding ortho intramolecular Hbond substituents is 1. The topological polar surface area (TPSA) is 94.9 Å². The van der Waals surface area contributed by atoms with Crippen molar-refractivity contribution < 1.29 is 14.6 Å². The number of nitrogen functional groups attached to an aromatic ring is 1. The lowest BCUT2D eigenvalue weighted by atomic mass is 10.2. The number of anilines is 1. The minimum Gasteiger partial charge on any atom is -0.504 e. The third-order valence-corrected chi connectivity index (χ3v) is 3.66. The average molecular weight is 338 g/mol. The summed E-state index contributed by atoms with van der Waals surface area (Å²) in [5.41, 5.74) is 8.27. The zero-order valence-electron chi connectivity index (χ0n) is 13.9. The molecule has 1 aromatic heterocycles. The van der Waals surface area contributed by atoms with Crippen LogP contribution in [0.15, 0.2) is 53.7 Å². The predicted octanol–water partition coefficient (Wildman–Crippen LogP) is 2.93. The molecule has 0 saturated carbocycles. The molecule has 0 bridgehead atoms. The first-order valence-corrected chi connectivity index (χ1v) is 7.51. The van der Waals surface area contributed by atoms with E-state index in [9.17, 15) is 5.11 Å². The number of aromatic hydroxyl groups is 1. The molecule has 0 spiro atoms. The van der Waals surface area contributed by atoms with Crippen LogP contribution in [-0.2, 0) is 0 Å². The van der Waals surface area contributed by atoms with Gasteiger partial charge in [0.2, 0.25) is 0 Å². The predicted molar refractivity (Wildman–Crippen MR) is 96.4 cm³/mol. The van der Waals surface area contributed by atoms with Gasteiger partial charge in [-0.2, -0.15) is 5.10 Å². The van der Waals surface area contributed by atoms with E-state index in [2.05, 4.69) is 10.1 Å². The fourth-order valence-corrected chi connectivity index (χ4v) is 2.30. The van der Waals surface area contributed by atoms with Crippen LogP contribution in [0.2, 0.25) is 0 Å². The molecule has 3 N–H and O–H groups in total. The summed E-state index contributed by atoms with van der Waals surface area (Å²) in [5.74, 6) is 1.64. The summed E-state index contributed by atoms with van der Waals surface area (Å²) in [6.45, 7) is 0. The average Bonchev–Trinajstić information content (AvgIpc) is 3.01. The molecule has 3 aromatic rings. The van der Waals surface area contributed by atoms with Crippen LogP contribution in [0, 0.1) is 0 Å². The third-order valence-electron chi connectivity index (χ3n) is 3.66. The SMILES string of the molecule is COc1ccc(-n2ncc(/N=C/c3ccc(O)c(OC)c3)c2N)cc1. The molecule has 7 heteroatoms. The fourth-order valence-electron chi connectivity index (χ4n) is 2.30. The molecule has 128 valence electrons. The first-order valence-electron chi connectivity index (χ1n) is 7.51. The highest BCUT2D eigenvalue weighted by atomic mass is 16.5. The Morgan fingerprint density at radius 3 is 2.56 bits per heavy atom. The first kappa shape index (κ1) is 16.4. The Morgan fingerprint density at radius 1 is 1.12 bits per heavy atom. The number of ether oxygens (including phenoxy) is 2. The van der Waals surface area contributed by atoms with E-state index >= 15 is 0 Å². The van der Waals surface area contributed by atoms with Gasteiger partial charge in [0.25, 0.3) is 0 Å². The zero-order chi connectivity index (χ0) is 17.8. The van der Waals surface area contributed by atoms with Crippen molar-refractivity contribution in [3.8, 4) is 22.9 Å². The van der Waals surface area contributed by atoms with Crippen molar-refractivity contribution in [1.82, 2.24) is 9.78 Å². The lowest BCUT2D eigenvalue weighted by Gasteiger charge is -2.05. The van der Waals surface area contributed by atoms with Gasteiger partial charge < -0.3 is 20.3 Å². The highest BCUT2D eigenvalue weighted by Gasteiger charge is 2.08. The van der Waals surface area contributed by atoms with Gasteiger partial charge in [-0.25, -0.2) is 4.68 Å². The number of hydrogen-bond donors (Lipinski definition) is 2. The molecule has 0 aliphatic carbocycles. The van der Waals surface area contributed by atoms with E-state index < -0.39 is 0 Å². The molecule has 0 aliphatic rings. The van der Waals surface area contributed by atoms with Crippen molar-refractivity contribution in [3.05, 3.63) is 54.2 Å². The van der Waals surface area contributed by atoms with Crippen LogP contribution in [0.3, 0.4) is 0 Å². The van der Waals surface area contributed by atoms with Gasteiger partial charge in [-0.1, -0.05) is 0 Å². The molecule has 0 fully saturated rings. The third kappa shape index (κ3) is 3.40. The van der Waals surface area contributed by atoms with E-state index in [1.165, 1.54) is 7.11 Å². The lowest BCUT2D eigenvalue weighted by Crippen LogP contribution is -2.01. The van der Waals surface area contributed by atoms with Crippen LogP contribution < -0.4 is 15.2 Å². The summed E-state index contributed by atoms with van der Waals surface area (Å²) in [7, 11) is 3.11. The van der Waals surface area contributed by atoms with E-state index in [4.69, 9.17) is 15.2 Å². The Balaban J connectivity index is 1.85. The van der Waals surface area contributed by atoms with Gasteiger partial charge in [0, 0.05) is 6.21 Å². The molecule has 0 amide bonds. The van der Waals surface area contributed by atoms with Gasteiger partial charge in [0.15, 0.2) is 17.3 Å². The van der Waals surface area contributed by atoms with Gasteiger partial charge in [0.05, 0.1) is 26.1 Å². The zero-order valence-corrected chi connectivity index (χ0v) is 13.9. The molecule has 0 unspecified atom stereocenters. The van der Waals surface area contributed by atoms with Crippen LogP contribution in [-0.4, -0.2) is 35.3 Å². The van der Waals surface area contributed by atoms with E-state index in [0.717, 1.165) is 17.0 Å². The van der Waals surface area contributed by atoms with Crippen molar-refractivity contribution in [1.29, 1.82) is 0 Å². The number of nitrogens with zero attached hydrogens (tertiary/aromatic N) is 3. The Hall–Kier alpha value is -3.48. The summed E-state index contributed by atoms with van der Waals surface area (Å²) < 4.78 is 11.8. The molecule has 1 heterocycles. The smallest absolute Gasteiger partial charge is 0.161 e. The van der Waals surface area contributed by atoms with Crippen molar-refractivity contribution >= 4 is 17.7 Å². The minimum absolute atomic E-state index is 0.0755. The molecule has 7 nitrogen and oxygen atoms in total. The number of phenols is 1. The summed E-state index contributed by atoms with van der Waals surface area (Å²) in [6.07, 6.45) is 3.22. The minimum atomic E-state index is 0.0755. The van der Waals surface area contributed by atoms with Gasteiger partial charge in [-0.15, -0.1) is 0 Å². The van der Waals surface area contributed by atoms with Gasteiger partial charge in [-0.05, 0) is 48.0 Å². The number of rotatable bonds is 5. The second kappa shape index (κ2) is 6.96. The second-order valence-corrected chi connectivity index (χ2v) is 5.21. The molecule has 25 heavy (non-hydrogen) atoms. The summed E-state index contributed by atoms with van der Waals surface area (Å²) in [6, 6.07) is 12.4. The normalized spacial score (nSPS) is 11.0. The Bertz CT molecular complexity index is 901. The molecule has 0 radical (unpaired) electrons. The standard InChI is InChI=1S/C18H18N4O3/c1-24-14-6-4-13(5-7-14)22-18(19)15(11-21-22)20-10-12-3-8-16(23)17(9-12)25-2/h3-11,23H,19H2,1-2H3/b20-10+. The maximum atomic E-state index is 9.62. The Labute approximate surface area is 145 Å². The number of hydrogen-bond acceptors (Lipinski definition) is 6. The highest BCUT2D eigenvalue weighted by molar-refractivity contribution is 5.84. The van der Waals surface area contributed by atoms with Gasteiger partial charge >= 0.3 is 0 Å². The molecule has 0 saturated heterocycles. The molecular weight excluding hydrogens is 320 g/mol. The summed E-state index contributed by atoms with van der Waals surface area (Å²) in [4.78, 5) is 4.37. The van der Waals surface area contributed by atoms with Crippen molar-refractivity contribution in [2.24, 2.45) is 4.99 Å². The van der Waals surface area contributed by atoms with Crippen LogP contribution >= 0.6 is 0 Å². The second-order valence-electron chi connectivity index (χ2n) is 5.21. The van der Waals surface area contributed by atoms with E-state index in [1.54, 1.807) is 42.4 Å². The molecule has 2 aromatic carbocycles. The van der Waals surface area contributed by atoms with E-state index in [0.29, 0.717) is 17.3 Å². The van der Waals surface area contributed by atoms with E-state index in [-0.39, 0.29) is 5.75 Å². The molecule has 0 aliphatic heterocycles. The first-order chi connectivity index (χ1) is 12.1. The molecular formula is C18H18N4O3. The van der Waals surface area contributed by atoms with E-state index in [1.807, 2.05) is 24.3 Å². The lowest BCUT2D eigenvalue weighted by molar-refractivity contribution is 0.373. The Morgan fingerprint density at radius 2 is 1.88 bits per heavy atom. The van der Waals surface area contributed by atoms with Crippen LogP contribution in [0.1, 0.15) is 5.56 Å². The maximum absolute atomic E-state index is 9.62. The number of methoxy groups -OCH3 is 2. The van der Waals surface area contributed by atoms with Crippen molar-refractivity contribution in [2.75, 3.05) is 20.0 Å². The summed E-state index contributed by atoms with van der Waals surface area (Å²) in [5, 5.41) is 13.9. The number of nitrogens with two attached hydrogens (primary N) is 1. The molecule has 0 atom stereocenters. The van der Waals surface area contributed by atoms with Crippen molar-refractivity contribution in [2.45, 2.75) is 0 Å².